The van der Waals surface area contributed by atoms with Crippen molar-refractivity contribution in [2.45, 2.75) is 19.6 Å². The van der Waals surface area contributed by atoms with Crippen LogP contribution in [0.1, 0.15) is 16.7 Å². The van der Waals surface area contributed by atoms with Crippen LogP contribution in [0.15, 0.2) is 53.7 Å². The van der Waals surface area contributed by atoms with Crippen LogP contribution in [0.3, 0.4) is 0 Å². The molecule has 0 fully saturated rings. The summed E-state index contributed by atoms with van der Waals surface area (Å²) in [6.07, 6.45) is 3.22. The zero-order valence-corrected chi connectivity index (χ0v) is 14.2. The third-order valence-electron chi connectivity index (χ3n) is 3.62. The lowest BCUT2D eigenvalue weighted by molar-refractivity contribution is 0.206. The van der Waals surface area contributed by atoms with E-state index in [2.05, 4.69) is 20.8 Å². The number of benzene rings is 1. The smallest absolute Gasteiger partial charge is 0.317 e. The number of hydrogen-bond acceptors (Lipinski definition) is 4. The Bertz CT molecular complexity index is 753. The maximum Gasteiger partial charge on any atom is 0.317 e. The van der Waals surface area contributed by atoms with Crippen molar-refractivity contribution in [3.63, 3.8) is 0 Å². The molecule has 0 bridgehead atoms. The van der Waals surface area contributed by atoms with Crippen molar-refractivity contribution < 1.29 is 4.79 Å². The first-order chi connectivity index (χ1) is 11.7. The molecule has 0 radical (unpaired) electrons. The highest BCUT2D eigenvalue weighted by molar-refractivity contribution is 7.07. The molecule has 0 spiro atoms. The maximum absolute atomic E-state index is 12.1. The lowest BCUT2D eigenvalue weighted by Crippen LogP contribution is -2.36. The normalized spacial score (nSPS) is 10.5. The van der Waals surface area contributed by atoms with Crippen LogP contribution in [0.2, 0.25) is 0 Å². The Hall–Kier alpha value is -2.67. The van der Waals surface area contributed by atoms with Crippen molar-refractivity contribution in [3.05, 3.63) is 70.4 Å². The van der Waals surface area contributed by atoms with Crippen LogP contribution in [0.4, 0.5) is 4.79 Å². The predicted molar refractivity (Wildman–Crippen MR) is 93.6 cm³/mol. The number of hydrogen-bond donors (Lipinski definition) is 1. The highest BCUT2D eigenvalue weighted by atomic mass is 32.1. The first kappa shape index (κ1) is 16.2. The Kier molecular flexibility index (Phi) is 5.22. The van der Waals surface area contributed by atoms with Gasteiger partial charge in [-0.1, -0.05) is 24.3 Å². The van der Waals surface area contributed by atoms with Gasteiger partial charge in [0.25, 0.3) is 0 Å². The molecule has 1 N–H and O–H groups in total. The molecule has 2 aromatic heterocycles. The maximum atomic E-state index is 12.1. The minimum Gasteiger partial charge on any atom is -0.334 e. The van der Waals surface area contributed by atoms with E-state index in [1.807, 2.05) is 35.7 Å². The van der Waals surface area contributed by atoms with Gasteiger partial charge in [0, 0.05) is 20.1 Å². The van der Waals surface area contributed by atoms with E-state index in [0.717, 1.165) is 16.7 Å². The number of carbonyl (C=O) groups excluding carboxylic acids is 1. The minimum absolute atomic E-state index is 0.0760. The van der Waals surface area contributed by atoms with Crippen molar-refractivity contribution in [1.29, 1.82) is 0 Å². The van der Waals surface area contributed by atoms with Gasteiger partial charge in [-0.2, -0.15) is 16.4 Å². The van der Waals surface area contributed by atoms with Crippen molar-refractivity contribution in [2.24, 2.45) is 0 Å². The number of carbonyl (C=O) groups is 1. The van der Waals surface area contributed by atoms with Gasteiger partial charge in [-0.15, -0.1) is 0 Å². The van der Waals surface area contributed by atoms with Gasteiger partial charge >= 0.3 is 6.03 Å². The summed E-state index contributed by atoms with van der Waals surface area (Å²) in [5, 5.41) is 11.1. The van der Waals surface area contributed by atoms with Gasteiger partial charge in [-0.05, 0) is 33.5 Å². The molecule has 0 aliphatic heterocycles. The molecule has 0 saturated carbocycles. The lowest BCUT2D eigenvalue weighted by atomic mass is 10.1. The molecule has 0 aliphatic carbocycles. The van der Waals surface area contributed by atoms with Crippen molar-refractivity contribution in [3.8, 4) is 0 Å². The summed E-state index contributed by atoms with van der Waals surface area (Å²) in [6.45, 7) is 1.82. The van der Waals surface area contributed by atoms with Gasteiger partial charge in [0.05, 0.1) is 6.54 Å². The standard InChI is InChI=1S/C17H19N5OS/c1-21(9-16-6-7-24-11-16)17(23)19-8-14-2-4-15(5-3-14)10-22-13-18-12-20-22/h2-7,11-13H,8-10H2,1H3,(H,19,23). The number of rotatable bonds is 6. The summed E-state index contributed by atoms with van der Waals surface area (Å²) >= 11 is 1.64. The first-order valence-electron chi connectivity index (χ1n) is 7.61. The van der Waals surface area contributed by atoms with E-state index in [1.165, 1.54) is 6.33 Å². The summed E-state index contributed by atoms with van der Waals surface area (Å²) in [7, 11) is 1.80. The SMILES string of the molecule is CN(Cc1ccsc1)C(=O)NCc1ccc(Cn2cncn2)cc1. The summed E-state index contributed by atoms with van der Waals surface area (Å²) in [6, 6.07) is 10.1. The highest BCUT2D eigenvalue weighted by Crippen LogP contribution is 2.09. The second-order valence-corrected chi connectivity index (χ2v) is 6.34. The molecule has 124 valence electrons. The van der Waals surface area contributed by atoms with E-state index >= 15 is 0 Å². The third-order valence-corrected chi connectivity index (χ3v) is 4.36. The molecular formula is C17H19N5OS. The Labute approximate surface area is 144 Å². The van der Waals surface area contributed by atoms with Gasteiger partial charge in [0.15, 0.2) is 0 Å². The number of urea groups is 1. The predicted octanol–water partition coefficient (Wildman–Crippen LogP) is 2.73. The summed E-state index contributed by atoms with van der Waals surface area (Å²) in [5.74, 6) is 0. The van der Waals surface area contributed by atoms with E-state index in [4.69, 9.17) is 0 Å². The topological polar surface area (TPSA) is 63.1 Å². The fraction of sp³-hybridized carbons (Fsp3) is 0.235. The molecule has 1 aromatic carbocycles. The van der Waals surface area contributed by atoms with Crippen LogP contribution in [0.25, 0.3) is 0 Å². The van der Waals surface area contributed by atoms with Crippen LogP contribution in [-0.4, -0.2) is 32.7 Å². The average Bonchev–Trinajstić information content (AvgIpc) is 3.28. The molecule has 0 saturated heterocycles. The summed E-state index contributed by atoms with van der Waals surface area (Å²) < 4.78 is 1.77. The third kappa shape index (κ3) is 4.42. The van der Waals surface area contributed by atoms with E-state index in [0.29, 0.717) is 19.6 Å². The molecule has 2 amide bonds. The molecule has 3 aromatic rings. The van der Waals surface area contributed by atoms with Crippen molar-refractivity contribution in [2.75, 3.05) is 7.05 Å². The van der Waals surface area contributed by atoms with Crippen LogP contribution >= 0.6 is 11.3 Å². The molecule has 7 heteroatoms. The second kappa shape index (κ2) is 7.74. The highest BCUT2D eigenvalue weighted by Gasteiger charge is 2.08. The zero-order valence-electron chi connectivity index (χ0n) is 13.4. The summed E-state index contributed by atoms with van der Waals surface area (Å²) in [4.78, 5) is 17.7. The lowest BCUT2D eigenvalue weighted by Gasteiger charge is -2.17. The largest absolute Gasteiger partial charge is 0.334 e. The van der Waals surface area contributed by atoms with Gasteiger partial charge in [-0.3, -0.25) is 0 Å². The monoisotopic (exact) mass is 341 g/mol. The number of nitrogens with one attached hydrogen (secondary N) is 1. The Morgan fingerprint density at radius 1 is 1.21 bits per heavy atom. The fourth-order valence-electron chi connectivity index (χ4n) is 2.30. The molecule has 0 atom stereocenters. The second-order valence-electron chi connectivity index (χ2n) is 5.56. The number of nitrogens with zero attached hydrogens (tertiary/aromatic N) is 4. The van der Waals surface area contributed by atoms with E-state index in [9.17, 15) is 4.79 Å². The molecule has 6 nitrogen and oxygen atoms in total. The van der Waals surface area contributed by atoms with E-state index < -0.39 is 0 Å². The van der Waals surface area contributed by atoms with Crippen LogP contribution in [-0.2, 0) is 19.6 Å². The summed E-state index contributed by atoms with van der Waals surface area (Å²) in [5.41, 5.74) is 3.36. The molecule has 2 heterocycles. The molecule has 3 rings (SSSR count). The molecule has 0 aliphatic rings. The average molecular weight is 341 g/mol. The van der Waals surface area contributed by atoms with Crippen LogP contribution in [0.5, 0.6) is 0 Å². The van der Waals surface area contributed by atoms with E-state index in [-0.39, 0.29) is 6.03 Å². The first-order valence-corrected chi connectivity index (χ1v) is 8.55. The quantitative estimate of drug-likeness (QED) is 0.750. The molecule has 0 unspecified atom stereocenters. The Morgan fingerprint density at radius 3 is 2.67 bits per heavy atom. The Morgan fingerprint density at radius 2 is 2.00 bits per heavy atom. The minimum atomic E-state index is -0.0760. The van der Waals surface area contributed by atoms with Crippen LogP contribution in [0, 0.1) is 0 Å². The fourth-order valence-corrected chi connectivity index (χ4v) is 2.96. The van der Waals surface area contributed by atoms with Gasteiger partial charge in [-0.25, -0.2) is 14.5 Å². The molecular weight excluding hydrogens is 322 g/mol. The number of thiophene rings is 1. The van der Waals surface area contributed by atoms with Crippen molar-refractivity contribution in [1.82, 2.24) is 25.0 Å². The number of aromatic nitrogens is 3. The molecule has 24 heavy (non-hydrogen) atoms. The van der Waals surface area contributed by atoms with Gasteiger partial charge < -0.3 is 10.2 Å². The number of amides is 2. The van der Waals surface area contributed by atoms with E-state index in [1.54, 1.807) is 34.3 Å². The van der Waals surface area contributed by atoms with Crippen LogP contribution < -0.4 is 5.32 Å². The van der Waals surface area contributed by atoms with Gasteiger partial charge in [0.2, 0.25) is 0 Å². The Balaban J connectivity index is 1.48. The zero-order chi connectivity index (χ0) is 16.8. The van der Waals surface area contributed by atoms with Crippen molar-refractivity contribution >= 4 is 17.4 Å². The van der Waals surface area contributed by atoms with Gasteiger partial charge in [0.1, 0.15) is 12.7 Å².